The van der Waals surface area contributed by atoms with Gasteiger partial charge in [0.2, 0.25) is 0 Å². The molecule has 0 aromatic carbocycles. The molecule has 0 spiro atoms. The number of rotatable bonds is 5. The Balaban J connectivity index is 3.85. The number of unbranched alkanes of at least 4 members (excludes halogenated alkanes) is 1. The van der Waals surface area contributed by atoms with Crippen LogP contribution in [-0.2, 0) is 9.53 Å². The Morgan fingerprint density at radius 3 is 2.77 bits per heavy atom. The average Bonchev–Trinajstić information content (AvgIpc) is 2.15. The van der Waals surface area contributed by atoms with E-state index in [0.717, 1.165) is 12.8 Å². The van der Waals surface area contributed by atoms with Crippen molar-refractivity contribution < 1.29 is 9.53 Å². The zero-order valence-electron chi connectivity index (χ0n) is 8.17. The first-order valence-corrected chi connectivity index (χ1v) is 4.39. The number of nitriles is 1. The average molecular weight is 181 g/mol. The molecule has 0 aromatic rings. The van der Waals surface area contributed by atoms with Gasteiger partial charge in [0, 0.05) is 5.57 Å². The van der Waals surface area contributed by atoms with Crippen LogP contribution in [0, 0.1) is 17.2 Å². The molecule has 0 heterocycles. The fourth-order valence-electron chi connectivity index (χ4n) is 0.657. The summed E-state index contributed by atoms with van der Waals surface area (Å²) in [5.74, 6) is -0.920. The predicted octanol–water partition coefficient (Wildman–Crippen LogP) is 2.05. The minimum absolute atomic E-state index is 0.235. The minimum atomic E-state index is -0.464. The summed E-state index contributed by atoms with van der Waals surface area (Å²) in [6.07, 6.45) is 1.83. The molecular formula is C10H15NO2. The highest BCUT2D eigenvalue weighted by molar-refractivity contribution is 5.88. The lowest BCUT2D eigenvalue weighted by Crippen LogP contribution is -2.12. The van der Waals surface area contributed by atoms with Crippen molar-refractivity contribution >= 4 is 5.97 Å². The Hall–Kier alpha value is -1.30. The number of esters is 1. The third kappa shape index (κ3) is 4.32. The summed E-state index contributed by atoms with van der Waals surface area (Å²) >= 11 is 0. The molecule has 0 aliphatic heterocycles. The summed E-state index contributed by atoms with van der Waals surface area (Å²) < 4.78 is 4.88. The number of hydrogen-bond donors (Lipinski definition) is 0. The maximum atomic E-state index is 11.1. The lowest BCUT2D eigenvalue weighted by Gasteiger charge is -2.06. The van der Waals surface area contributed by atoms with E-state index in [1.807, 2.05) is 13.0 Å². The molecule has 0 aliphatic rings. The van der Waals surface area contributed by atoms with Gasteiger partial charge in [-0.2, -0.15) is 5.26 Å². The van der Waals surface area contributed by atoms with Gasteiger partial charge in [0.15, 0.2) is 0 Å². The molecular weight excluding hydrogens is 166 g/mol. The highest BCUT2D eigenvalue weighted by Crippen LogP contribution is 2.08. The number of hydrogen-bond acceptors (Lipinski definition) is 3. The molecule has 1 unspecified atom stereocenters. The van der Waals surface area contributed by atoms with Crippen molar-refractivity contribution in [1.82, 2.24) is 0 Å². The molecule has 0 aromatic heterocycles. The number of carbonyl (C=O) groups is 1. The van der Waals surface area contributed by atoms with E-state index in [2.05, 4.69) is 6.58 Å². The normalized spacial score (nSPS) is 11.5. The first-order chi connectivity index (χ1) is 6.13. The van der Waals surface area contributed by atoms with E-state index >= 15 is 0 Å². The van der Waals surface area contributed by atoms with Gasteiger partial charge in [-0.3, -0.25) is 0 Å². The molecule has 13 heavy (non-hydrogen) atoms. The molecule has 0 fully saturated rings. The quantitative estimate of drug-likeness (QED) is 0.370. The zero-order valence-corrected chi connectivity index (χ0v) is 8.17. The number of ether oxygens (including phenoxy) is 1. The second kappa shape index (κ2) is 6.24. The van der Waals surface area contributed by atoms with E-state index in [-0.39, 0.29) is 5.57 Å². The van der Waals surface area contributed by atoms with E-state index in [1.165, 1.54) is 0 Å². The van der Waals surface area contributed by atoms with Crippen LogP contribution >= 0.6 is 0 Å². The first-order valence-electron chi connectivity index (χ1n) is 4.39. The van der Waals surface area contributed by atoms with E-state index < -0.39 is 11.9 Å². The highest BCUT2D eigenvalue weighted by atomic mass is 16.5. The lowest BCUT2D eigenvalue weighted by atomic mass is 10.1. The fourth-order valence-corrected chi connectivity index (χ4v) is 0.657. The zero-order chi connectivity index (χ0) is 10.3. The van der Waals surface area contributed by atoms with Crippen molar-refractivity contribution in [2.24, 2.45) is 5.92 Å². The molecule has 3 heteroatoms. The van der Waals surface area contributed by atoms with Gasteiger partial charge in [0.25, 0.3) is 0 Å². The molecule has 0 amide bonds. The summed E-state index contributed by atoms with van der Waals surface area (Å²) in [6, 6.07) is 1.94. The molecule has 0 saturated heterocycles. The fraction of sp³-hybridized carbons (Fsp3) is 0.600. The standard InChI is InChI=1S/C10H15NO2/c1-4-5-6-13-10(12)9(3)8(2)7-11/h8H,3-6H2,1-2H3. The summed E-state index contributed by atoms with van der Waals surface area (Å²) in [5.41, 5.74) is 0.235. The maximum absolute atomic E-state index is 11.1. The van der Waals surface area contributed by atoms with Gasteiger partial charge < -0.3 is 4.74 Å². The molecule has 3 nitrogen and oxygen atoms in total. The van der Waals surface area contributed by atoms with Crippen LogP contribution in [0.3, 0.4) is 0 Å². The smallest absolute Gasteiger partial charge is 0.334 e. The molecule has 0 saturated carbocycles. The third-order valence-electron chi connectivity index (χ3n) is 1.71. The second-order valence-corrected chi connectivity index (χ2v) is 2.87. The van der Waals surface area contributed by atoms with Crippen LogP contribution in [0.1, 0.15) is 26.7 Å². The van der Waals surface area contributed by atoms with E-state index in [4.69, 9.17) is 10.00 Å². The van der Waals surface area contributed by atoms with Crippen LogP contribution in [0.2, 0.25) is 0 Å². The molecule has 0 rings (SSSR count). The molecule has 1 atom stereocenters. The van der Waals surface area contributed by atoms with Crippen molar-refractivity contribution in [2.75, 3.05) is 6.61 Å². The van der Waals surface area contributed by atoms with E-state index in [9.17, 15) is 4.79 Å². The van der Waals surface area contributed by atoms with Gasteiger partial charge in [-0.05, 0) is 13.3 Å². The molecule has 72 valence electrons. The predicted molar refractivity (Wildman–Crippen MR) is 49.8 cm³/mol. The van der Waals surface area contributed by atoms with Gasteiger partial charge >= 0.3 is 5.97 Å². The van der Waals surface area contributed by atoms with Crippen molar-refractivity contribution in [1.29, 1.82) is 5.26 Å². The summed E-state index contributed by atoms with van der Waals surface area (Å²) in [6.45, 7) is 7.56. The first kappa shape index (κ1) is 11.7. The van der Waals surface area contributed by atoms with E-state index in [1.54, 1.807) is 6.92 Å². The lowest BCUT2D eigenvalue weighted by molar-refractivity contribution is -0.139. The number of nitrogens with zero attached hydrogens (tertiary/aromatic N) is 1. The van der Waals surface area contributed by atoms with Gasteiger partial charge in [0.05, 0.1) is 18.6 Å². The van der Waals surface area contributed by atoms with Crippen molar-refractivity contribution in [3.05, 3.63) is 12.2 Å². The maximum Gasteiger partial charge on any atom is 0.334 e. The van der Waals surface area contributed by atoms with Gasteiger partial charge in [-0.1, -0.05) is 19.9 Å². The van der Waals surface area contributed by atoms with Crippen LogP contribution in [0.25, 0.3) is 0 Å². The monoisotopic (exact) mass is 181 g/mol. The van der Waals surface area contributed by atoms with Crippen LogP contribution in [-0.4, -0.2) is 12.6 Å². The van der Waals surface area contributed by atoms with E-state index in [0.29, 0.717) is 6.61 Å². The van der Waals surface area contributed by atoms with Crippen LogP contribution in [0.15, 0.2) is 12.2 Å². The van der Waals surface area contributed by atoms with Crippen molar-refractivity contribution in [2.45, 2.75) is 26.7 Å². The van der Waals surface area contributed by atoms with Crippen molar-refractivity contribution in [3.8, 4) is 6.07 Å². The molecule has 0 radical (unpaired) electrons. The molecule has 0 aliphatic carbocycles. The van der Waals surface area contributed by atoms with Crippen LogP contribution in [0.4, 0.5) is 0 Å². The Kier molecular flexibility index (Phi) is 5.62. The van der Waals surface area contributed by atoms with Gasteiger partial charge in [-0.15, -0.1) is 0 Å². The Morgan fingerprint density at radius 1 is 1.69 bits per heavy atom. The van der Waals surface area contributed by atoms with Gasteiger partial charge in [0.1, 0.15) is 0 Å². The van der Waals surface area contributed by atoms with Crippen LogP contribution < -0.4 is 0 Å². The summed E-state index contributed by atoms with van der Waals surface area (Å²) in [7, 11) is 0. The summed E-state index contributed by atoms with van der Waals surface area (Å²) in [5, 5.41) is 8.51. The second-order valence-electron chi connectivity index (χ2n) is 2.87. The SMILES string of the molecule is C=C(C(=O)OCCCC)C(C)C#N. The largest absolute Gasteiger partial charge is 0.462 e. The Bertz CT molecular complexity index is 228. The third-order valence-corrected chi connectivity index (χ3v) is 1.71. The highest BCUT2D eigenvalue weighted by Gasteiger charge is 2.14. The van der Waals surface area contributed by atoms with Crippen LogP contribution in [0.5, 0.6) is 0 Å². The Labute approximate surface area is 79.0 Å². The Morgan fingerprint density at radius 2 is 2.31 bits per heavy atom. The molecule has 0 bridgehead atoms. The topological polar surface area (TPSA) is 50.1 Å². The molecule has 0 N–H and O–H groups in total. The van der Waals surface area contributed by atoms with Gasteiger partial charge in [-0.25, -0.2) is 4.79 Å². The van der Waals surface area contributed by atoms with Crippen molar-refractivity contribution in [3.63, 3.8) is 0 Å². The number of carbonyl (C=O) groups excluding carboxylic acids is 1. The summed E-state index contributed by atoms with van der Waals surface area (Å²) in [4.78, 5) is 11.1. The minimum Gasteiger partial charge on any atom is -0.462 e.